The number of aromatic nitrogens is 1. The maximum Gasteiger partial charge on any atom is 0.220 e. The summed E-state index contributed by atoms with van der Waals surface area (Å²) in [5.41, 5.74) is 3.29. The van der Waals surface area contributed by atoms with Crippen molar-refractivity contribution < 1.29 is 14.3 Å². The Labute approximate surface area is 190 Å². The van der Waals surface area contributed by atoms with Crippen molar-refractivity contribution in [1.82, 2.24) is 14.8 Å². The van der Waals surface area contributed by atoms with Gasteiger partial charge in [0.1, 0.15) is 11.5 Å². The summed E-state index contributed by atoms with van der Waals surface area (Å²) in [7, 11) is 5.35. The molecule has 1 aliphatic heterocycles. The highest BCUT2D eigenvalue weighted by molar-refractivity contribution is 5.86. The van der Waals surface area contributed by atoms with Crippen molar-refractivity contribution >= 4 is 16.8 Å². The van der Waals surface area contributed by atoms with Gasteiger partial charge in [0.2, 0.25) is 5.91 Å². The lowest BCUT2D eigenvalue weighted by atomic mass is 9.87. The van der Waals surface area contributed by atoms with E-state index >= 15 is 0 Å². The first-order chi connectivity index (χ1) is 15.6. The smallest absolute Gasteiger partial charge is 0.220 e. The van der Waals surface area contributed by atoms with E-state index in [4.69, 9.17) is 9.47 Å². The van der Waals surface area contributed by atoms with Crippen LogP contribution in [-0.2, 0) is 11.8 Å². The molecule has 0 bridgehead atoms. The van der Waals surface area contributed by atoms with E-state index in [-0.39, 0.29) is 11.8 Å². The fourth-order valence-electron chi connectivity index (χ4n) is 4.71. The Balaban J connectivity index is 1.63. The Bertz CT molecular complexity index is 1050. The van der Waals surface area contributed by atoms with Crippen LogP contribution in [0.2, 0.25) is 0 Å². The lowest BCUT2D eigenvalue weighted by Gasteiger charge is -2.20. The lowest BCUT2D eigenvalue weighted by molar-refractivity contribution is -0.121. The molecule has 0 saturated carbocycles. The van der Waals surface area contributed by atoms with Gasteiger partial charge in [0, 0.05) is 55.6 Å². The number of amides is 1. The molecule has 1 saturated heterocycles. The van der Waals surface area contributed by atoms with Gasteiger partial charge in [-0.1, -0.05) is 18.2 Å². The molecule has 1 atom stereocenters. The Morgan fingerprint density at radius 3 is 2.44 bits per heavy atom. The molecule has 2 heterocycles. The topological polar surface area (TPSA) is 55.7 Å². The number of aryl methyl sites for hydroxylation is 1. The number of nitrogens with zero attached hydrogens (tertiary/aromatic N) is 2. The highest BCUT2D eigenvalue weighted by atomic mass is 16.5. The van der Waals surface area contributed by atoms with Crippen molar-refractivity contribution in [3.8, 4) is 11.5 Å². The standard InChI is InChI=1S/C26H33N3O3/c1-28-18-24(22-8-4-5-9-25(22)28)23(19-14-20(31-2)16-21(15-19)32-3)17-26(30)27-10-13-29-11-6-7-12-29/h4-5,8-9,14-16,18,23H,6-7,10-13,17H2,1-3H3,(H,27,30)/t23-/m1/s1. The highest BCUT2D eigenvalue weighted by Gasteiger charge is 2.24. The molecule has 1 N–H and O–H groups in total. The number of ether oxygens (including phenoxy) is 2. The van der Waals surface area contributed by atoms with Crippen LogP contribution in [0.4, 0.5) is 0 Å². The summed E-state index contributed by atoms with van der Waals surface area (Å²) < 4.78 is 13.1. The van der Waals surface area contributed by atoms with Gasteiger partial charge in [0.05, 0.1) is 14.2 Å². The van der Waals surface area contributed by atoms with Crippen LogP contribution in [0.15, 0.2) is 48.7 Å². The van der Waals surface area contributed by atoms with Crippen LogP contribution in [0.1, 0.15) is 36.3 Å². The number of hydrogen-bond donors (Lipinski definition) is 1. The van der Waals surface area contributed by atoms with Crippen molar-refractivity contribution in [2.24, 2.45) is 7.05 Å². The minimum Gasteiger partial charge on any atom is -0.497 e. The second kappa shape index (κ2) is 10.1. The third-order valence-corrected chi connectivity index (χ3v) is 6.42. The number of carbonyl (C=O) groups is 1. The monoisotopic (exact) mass is 435 g/mol. The number of para-hydroxylation sites is 1. The molecule has 0 spiro atoms. The van der Waals surface area contributed by atoms with Gasteiger partial charge in [-0.15, -0.1) is 0 Å². The van der Waals surface area contributed by atoms with Crippen molar-refractivity contribution in [3.63, 3.8) is 0 Å². The van der Waals surface area contributed by atoms with Crippen molar-refractivity contribution in [2.75, 3.05) is 40.4 Å². The van der Waals surface area contributed by atoms with E-state index < -0.39 is 0 Å². The van der Waals surface area contributed by atoms with E-state index in [9.17, 15) is 4.79 Å². The first-order valence-electron chi connectivity index (χ1n) is 11.3. The van der Waals surface area contributed by atoms with Crippen molar-refractivity contribution in [2.45, 2.75) is 25.2 Å². The van der Waals surface area contributed by atoms with Gasteiger partial charge >= 0.3 is 0 Å². The van der Waals surface area contributed by atoms with Gasteiger partial charge in [-0.3, -0.25) is 4.79 Å². The third kappa shape index (κ3) is 4.91. The second-order valence-electron chi connectivity index (χ2n) is 8.51. The summed E-state index contributed by atoms with van der Waals surface area (Å²) in [5, 5.41) is 4.30. The minimum atomic E-state index is -0.114. The molecular weight excluding hydrogens is 402 g/mol. The fraction of sp³-hybridized carbons (Fsp3) is 0.423. The summed E-state index contributed by atoms with van der Waals surface area (Å²) in [6, 6.07) is 14.2. The summed E-state index contributed by atoms with van der Waals surface area (Å²) >= 11 is 0. The molecule has 3 aromatic rings. The van der Waals surface area contributed by atoms with Crippen LogP contribution in [0.25, 0.3) is 10.9 Å². The predicted octanol–water partition coefficient (Wildman–Crippen LogP) is 3.93. The molecule has 6 nitrogen and oxygen atoms in total. The van der Waals surface area contributed by atoms with Crippen molar-refractivity contribution in [1.29, 1.82) is 0 Å². The van der Waals surface area contributed by atoms with Gasteiger partial charge in [0.15, 0.2) is 0 Å². The number of likely N-dealkylation sites (tertiary alicyclic amines) is 1. The van der Waals surface area contributed by atoms with Gasteiger partial charge in [0.25, 0.3) is 0 Å². The first kappa shape index (κ1) is 22.2. The molecule has 2 aromatic carbocycles. The number of benzene rings is 2. The van der Waals surface area contributed by atoms with Gasteiger partial charge < -0.3 is 24.3 Å². The second-order valence-corrected chi connectivity index (χ2v) is 8.51. The average Bonchev–Trinajstić information content (AvgIpc) is 3.45. The Kier molecular flexibility index (Phi) is 7.00. The SMILES string of the molecule is COc1cc(OC)cc([C@@H](CC(=O)NCCN2CCCC2)c2cn(C)c3ccccc23)c1. The van der Waals surface area contributed by atoms with E-state index in [0.29, 0.717) is 13.0 Å². The van der Waals surface area contributed by atoms with Crippen LogP contribution in [0.5, 0.6) is 11.5 Å². The summed E-state index contributed by atoms with van der Waals surface area (Å²) in [6.45, 7) is 3.87. The normalized spacial score (nSPS) is 15.1. The number of rotatable bonds is 9. The third-order valence-electron chi connectivity index (χ3n) is 6.42. The van der Waals surface area contributed by atoms with Gasteiger partial charge in [-0.25, -0.2) is 0 Å². The fourth-order valence-corrected chi connectivity index (χ4v) is 4.71. The first-order valence-corrected chi connectivity index (χ1v) is 11.3. The quantitative estimate of drug-likeness (QED) is 0.553. The van der Waals surface area contributed by atoms with Crippen LogP contribution >= 0.6 is 0 Å². The molecule has 32 heavy (non-hydrogen) atoms. The Morgan fingerprint density at radius 2 is 1.75 bits per heavy atom. The van der Waals surface area contributed by atoms with Crippen LogP contribution in [-0.4, -0.2) is 55.8 Å². The van der Waals surface area contributed by atoms with Crippen LogP contribution in [0, 0.1) is 0 Å². The zero-order valence-corrected chi connectivity index (χ0v) is 19.3. The average molecular weight is 436 g/mol. The lowest BCUT2D eigenvalue weighted by Crippen LogP contribution is -2.34. The Morgan fingerprint density at radius 1 is 1.06 bits per heavy atom. The zero-order chi connectivity index (χ0) is 22.5. The molecular formula is C26H33N3O3. The largest absolute Gasteiger partial charge is 0.497 e. The maximum atomic E-state index is 13.0. The molecule has 0 unspecified atom stereocenters. The van der Waals surface area contributed by atoms with E-state index in [1.165, 1.54) is 12.8 Å². The molecule has 1 fully saturated rings. The number of methoxy groups -OCH3 is 2. The number of carbonyl (C=O) groups excluding carboxylic acids is 1. The molecule has 1 aromatic heterocycles. The summed E-state index contributed by atoms with van der Waals surface area (Å²) in [4.78, 5) is 15.4. The molecule has 4 rings (SSSR count). The number of hydrogen-bond acceptors (Lipinski definition) is 4. The summed E-state index contributed by atoms with van der Waals surface area (Å²) in [5.74, 6) is 1.39. The molecule has 1 amide bonds. The van der Waals surface area contributed by atoms with Crippen LogP contribution < -0.4 is 14.8 Å². The highest BCUT2D eigenvalue weighted by Crippen LogP contribution is 2.37. The predicted molar refractivity (Wildman–Crippen MR) is 128 cm³/mol. The molecule has 0 radical (unpaired) electrons. The van der Waals surface area contributed by atoms with E-state index in [1.54, 1.807) is 14.2 Å². The maximum absolute atomic E-state index is 13.0. The number of nitrogens with one attached hydrogen (secondary N) is 1. The zero-order valence-electron chi connectivity index (χ0n) is 19.3. The minimum absolute atomic E-state index is 0.0592. The van der Waals surface area contributed by atoms with E-state index in [1.807, 2.05) is 37.4 Å². The summed E-state index contributed by atoms with van der Waals surface area (Å²) in [6.07, 6.45) is 5.02. The molecule has 170 valence electrons. The molecule has 1 aliphatic rings. The van der Waals surface area contributed by atoms with E-state index in [2.05, 4.69) is 33.1 Å². The van der Waals surface area contributed by atoms with Crippen LogP contribution in [0.3, 0.4) is 0 Å². The Hall–Kier alpha value is -2.99. The number of fused-ring (bicyclic) bond motifs is 1. The van der Waals surface area contributed by atoms with Gasteiger partial charge in [-0.2, -0.15) is 0 Å². The molecule has 6 heteroatoms. The molecule has 0 aliphatic carbocycles. The van der Waals surface area contributed by atoms with Gasteiger partial charge in [-0.05, 0) is 55.3 Å². The van der Waals surface area contributed by atoms with Crippen molar-refractivity contribution in [3.05, 3.63) is 59.8 Å². The van der Waals surface area contributed by atoms with E-state index in [0.717, 1.165) is 53.2 Å².